The van der Waals surface area contributed by atoms with Crippen molar-refractivity contribution in [3.63, 3.8) is 0 Å². The molecule has 0 saturated carbocycles. The van der Waals surface area contributed by atoms with Gasteiger partial charge >= 0.3 is 0 Å². The highest BCUT2D eigenvalue weighted by molar-refractivity contribution is 7.10. The molecule has 0 fully saturated rings. The molecule has 3 nitrogen and oxygen atoms in total. The third-order valence-electron chi connectivity index (χ3n) is 3.92. The molecule has 110 valence electrons. The van der Waals surface area contributed by atoms with E-state index in [0.29, 0.717) is 6.42 Å². The first-order valence-electron chi connectivity index (χ1n) is 7.38. The summed E-state index contributed by atoms with van der Waals surface area (Å²) in [5.74, 6) is -0.00990. The summed E-state index contributed by atoms with van der Waals surface area (Å²) in [6, 6.07) is 7.66. The standard InChI is InChI=1S/C17H19NO2S/c19-10-9-12-5-7-13(8-6-12)18-17(20)15-11-21-16-4-2-1-3-14(15)16/h5-8,11,19H,1-4,9-10H2,(H,18,20). The van der Waals surface area contributed by atoms with Gasteiger partial charge in [0.1, 0.15) is 0 Å². The van der Waals surface area contributed by atoms with Crippen LogP contribution in [0.15, 0.2) is 29.6 Å². The predicted octanol–water partition coefficient (Wildman–Crippen LogP) is 3.41. The SMILES string of the molecule is O=C(Nc1ccc(CCO)cc1)c1csc2c1CCCC2. The second-order valence-electron chi connectivity index (χ2n) is 5.38. The molecular formula is C17H19NO2S. The van der Waals surface area contributed by atoms with Crippen LogP contribution in [0.25, 0.3) is 0 Å². The van der Waals surface area contributed by atoms with Gasteiger partial charge < -0.3 is 10.4 Å². The van der Waals surface area contributed by atoms with E-state index in [1.54, 1.807) is 11.3 Å². The molecule has 0 atom stereocenters. The third kappa shape index (κ3) is 3.17. The maximum atomic E-state index is 12.4. The molecule has 3 rings (SSSR count). The highest BCUT2D eigenvalue weighted by atomic mass is 32.1. The summed E-state index contributed by atoms with van der Waals surface area (Å²) >= 11 is 1.71. The number of carbonyl (C=O) groups excluding carboxylic acids is 1. The number of aryl methyl sites for hydroxylation is 1. The summed E-state index contributed by atoms with van der Waals surface area (Å²) < 4.78 is 0. The number of thiophene rings is 1. The number of nitrogens with one attached hydrogen (secondary N) is 1. The van der Waals surface area contributed by atoms with E-state index in [1.807, 2.05) is 29.6 Å². The van der Waals surface area contributed by atoms with E-state index in [4.69, 9.17) is 5.11 Å². The van der Waals surface area contributed by atoms with Crippen LogP contribution in [-0.2, 0) is 19.3 Å². The minimum atomic E-state index is -0.00990. The first-order valence-corrected chi connectivity index (χ1v) is 8.26. The van der Waals surface area contributed by atoms with E-state index in [9.17, 15) is 4.79 Å². The average Bonchev–Trinajstić information content (AvgIpc) is 2.93. The zero-order valence-electron chi connectivity index (χ0n) is 11.9. The number of aliphatic hydroxyl groups excluding tert-OH is 1. The molecule has 2 N–H and O–H groups in total. The molecule has 1 aliphatic carbocycles. The number of anilines is 1. The maximum Gasteiger partial charge on any atom is 0.256 e. The molecule has 0 saturated heterocycles. The highest BCUT2D eigenvalue weighted by Gasteiger charge is 2.20. The van der Waals surface area contributed by atoms with Crippen molar-refractivity contribution in [3.8, 4) is 0 Å². The Bertz CT molecular complexity index is 631. The molecule has 4 heteroatoms. The Balaban J connectivity index is 1.72. The van der Waals surface area contributed by atoms with E-state index in [0.717, 1.165) is 29.7 Å². The number of fused-ring (bicyclic) bond motifs is 1. The fraction of sp³-hybridized carbons (Fsp3) is 0.353. The number of hydrogen-bond donors (Lipinski definition) is 2. The van der Waals surface area contributed by atoms with Gasteiger partial charge in [-0.05, 0) is 55.4 Å². The smallest absolute Gasteiger partial charge is 0.256 e. The second-order valence-corrected chi connectivity index (χ2v) is 6.35. The minimum absolute atomic E-state index is 0.00990. The molecule has 2 aromatic rings. The number of carbonyl (C=O) groups is 1. The lowest BCUT2D eigenvalue weighted by Crippen LogP contribution is -2.14. The zero-order valence-corrected chi connectivity index (χ0v) is 12.7. The molecule has 0 spiro atoms. The van der Waals surface area contributed by atoms with Gasteiger partial charge in [-0.1, -0.05) is 12.1 Å². The Labute approximate surface area is 128 Å². The molecule has 21 heavy (non-hydrogen) atoms. The lowest BCUT2D eigenvalue weighted by molar-refractivity contribution is 0.102. The quantitative estimate of drug-likeness (QED) is 0.909. The Hall–Kier alpha value is -1.65. The first-order chi connectivity index (χ1) is 10.3. The van der Waals surface area contributed by atoms with Crippen molar-refractivity contribution in [1.29, 1.82) is 0 Å². The Kier molecular flexibility index (Phi) is 4.36. The van der Waals surface area contributed by atoms with Crippen LogP contribution >= 0.6 is 11.3 Å². The second kappa shape index (κ2) is 6.41. The molecule has 0 bridgehead atoms. The predicted molar refractivity (Wildman–Crippen MR) is 86.1 cm³/mol. The summed E-state index contributed by atoms with van der Waals surface area (Å²) in [5.41, 5.74) is 3.97. The average molecular weight is 301 g/mol. The molecule has 0 aliphatic heterocycles. The first kappa shape index (κ1) is 14.3. The van der Waals surface area contributed by atoms with Gasteiger partial charge in [0.2, 0.25) is 0 Å². The van der Waals surface area contributed by atoms with Crippen molar-refractivity contribution >= 4 is 22.9 Å². The molecule has 0 unspecified atom stereocenters. The van der Waals surface area contributed by atoms with Gasteiger partial charge in [-0.15, -0.1) is 11.3 Å². The fourth-order valence-corrected chi connectivity index (χ4v) is 3.89. The topological polar surface area (TPSA) is 49.3 Å². The normalized spacial score (nSPS) is 13.8. The van der Waals surface area contributed by atoms with Gasteiger partial charge in [0.05, 0.1) is 5.56 Å². The Morgan fingerprint density at radius 2 is 1.95 bits per heavy atom. The monoisotopic (exact) mass is 301 g/mol. The van der Waals surface area contributed by atoms with Gasteiger partial charge in [-0.25, -0.2) is 0 Å². The van der Waals surface area contributed by atoms with E-state index in [2.05, 4.69) is 5.32 Å². The summed E-state index contributed by atoms with van der Waals surface area (Å²) in [6.45, 7) is 0.146. The van der Waals surface area contributed by atoms with Crippen LogP contribution < -0.4 is 5.32 Å². The molecule has 1 heterocycles. The number of amides is 1. The highest BCUT2D eigenvalue weighted by Crippen LogP contribution is 2.30. The van der Waals surface area contributed by atoms with Crippen LogP contribution in [0.2, 0.25) is 0 Å². The van der Waals surface area contributed by atoms with Gasteiger partial charge in [0, 0.05) is 22.6 Å². The number of rotatable bonds is 4. The Morgan fingerprint density at radius 3 is 2.71 bits per heavy atom. The maximum absolute atomic E-state index is 12.4. The molecule has 1 aromatic carbocycles. The van der Waals surface area contributed by atoms with E-state index in [-0.39, 0.29) is 12.5 Å². The Morgan fingerprint density at radius 1 is 1.19 bits per heavy atom. The summed E-state index contributed by atoms with van der Waals surface area (Å²) in [4.78, 5) is 13.8. The summed E-state index contributed by atoms with van der Waals surface area (Å²) in [7, 11) is 0. The van der Waals surface area contributed by atoms with Crippen molar-refractivity contribution in [1.82, 2.24) is 0 Å². The third-order valence-corrected chi connectivity index (χ3v) is 5.01. The van der Waals surface area contributed by atoms with Crippen molar-refractivity contribution in [2.75, 3.05) is 11.9 Å². The molecule has 0 radical (unpaired) electrons. The summed E-state index contributed by atoms with van der Waals surface area (Å²) in [6.07, 6.45) is 5.20. The van der Waals surface area contributed by atoms with Crippen LogP contribution in [0, 0.1) is 0 Å². The minimum Gasteiger partial charge on any atom is -0.396 e. The van der Waals surface area contributed by atoms with E-state index < -0.39 is 0 Å². The number of hydrogen-bond acceptors (Lipinski definition) is 3. The number of benzene rings is 1. The molecule has 1 amide bonds. The van der Waals surface area contributed by atoms with Gasteiger partial charge in [0.25, 0.3) is 5.91 Å². The molecule has 1 aliphatic rings. The van der Waals surface area contributed by atoms with Crippen molar-refractivity contribution in [2.45, 2.75) is 32.1 Å². The van der Waals surface area contributed by atoms with Crippen molar-refractivity contribution in [2.24, 2.45) is 0 Å². The van der Waals surface area contributed by atoms with Crippen LogP contribution in [0.5, 0.6) is 0 Å². The van der Waals surface area contributed by atoms with Gasteiger partial charge in [0.15, 0.2) is 0 Å². The molecular weight excluding hydrogens is 282 g/mol. The molecule has 1 aromatic heterocycles. The van der Waals surface area contributed by atoms with E-state index in [1.165, 1.54) is 23.3 Å². The lowest BCUT2D eigenvalue weighted by atomic mass is 9.95. The summed E-state index contributed by atoms with van der Waals surface area (Å²) in [5, 5.41) is 13.9. The van der Waals surface area contributed by atoms with Crippen molar-refractivity contribution < 1.29 is 9.90 Å². The largest absolute Gasteiger partial charge is 0.396 e. The lowest BCUT2D eigenvalue weighted by Gasteiger charge is -2.13. The van der Waals surface area contributed by atoms with Gasteiger partial charge in [-0.3, -0.25) is 4.79 Å². The van der Waals surface area contributed by atoms with Crippen LogP contribution in [0.3, 0.4) is 0 Å². The van der Waals surface area contributed by atoms with E-state index >= 15 is 0 Å². The van der Waals surface area contributed by atoms with Crippen molar-refractivity contribution in [3.05, 3.63) is 51.2 Å². The van der Waals surface area contributed by atoms with Crippen LogP contribution in [0.1, 0.15) is 39.2 Å². The van der Waals surface area contributed by atoms with Gasteiger partial charge in [-0.2, -0.15) is 0 Å². The number of aliphatic hydroxyl groups is 1. The fourth-order valence-electron chi connectivity index (χ4n) is 2.77. The zero-order chi connectivity index (χ0) is 14.7. The van der Waals surface area contributed by atoms with Crippen LogP contribution in [-0.4, -0.2) is 17.6 Å². The van der Waals surface area contributed by atoms with Crippen LogP contribution in [0.4, 0.5) is 5.69 Å².